The highest BCUT2D eigenvalue weighted by molar-refractivity contribution is 5.80. The maximum atomic E-state index is 11.7. The highest BCUT2D eigenvalue weighted by Crippen LogP contribution is 2.09. The Labute approximate surface area is 107 Å². The lowest BCUT2D eigenvalue weighted by atomic mass is 10.1. The van der Waals surface area contributed by atoms with Crippen molar-refractivity contribution in [2.75, 3.05) is 13.1 Å². The minimum Gasteiger partial charge on any atom is -0.382 e. The number of carbonyl (C=O) groups excluding carboxylic acids is 1. The van der Waals surface area contributed by atoms with E-state index in [2.05, 4.69) is 5.32 Å². The predicted octanol–water partition coefficient (Wildman–Crippen LogP) is -0.0479. The first kappa shape index (κ1) is 13.1. The molecule has 4 nitrogen and oxygen atoms in total. The standard InChI is InChI=1S/C14H20N2O2/c17-13(11-6-2-1-3-7-11)10-16-12-8-4-5-9-15-14(12)18/h1-3,6-7,12-13,16-17H,4-5,8-10H2,(H,15,18)/p+1/t12-,13+/m0/s1. The van der Waals surface area contributed by atoms with Crippen molar-refractivity contribution in [1.82, 2.24) is 5.32 Å². The van der Waals surface area contributed by atoms with Crippen LogP contribution in [0.25, 0.3) is 0 Å². The molecule has 0 saturated carbocycles. The molecule has 1 fully saturated rings. The number of rotatable bonds is 4. The zero-order chi connectivity index (χ0) is 12.8. The monoisotopic (exact) mass is 249 g/mol. The molecule has 1 amide bonds. The lowest BCUT2D eigenvalue weighted by Gasteiger charge is -2.15. The first-order chi connectivity index (χ1) is 8.77. The summed E-state index contributed by atoms with van der Waals surface area (Å²) in [6.45, 7) is 1.31. The molecule has 0 bridgehead atoms. The van der Waals surface area contributed by atoms with E-state index >= 15 is 0 Å². The molecule has 0 spiro atoms. The summed E-state index contributed by atoms with van der Waals surface area (Å²) in [7, 11) is 0. The van der Waals surface area contributed by atoms with E-state index in [4.69, 9.17) is 0 Å². The fourth-order valence-electron chi connectivity index (χ4n) is 2.29. The third-order valence-corrected chi connectivity index (χ3v) is 3.41. The Kier molecular flexibility index (Phi) is 4.73. The predicted molar refractivity (Wildman–Crippen MR) is 68.8 cm³/mol. The molecule has 1 aliphatic heterocycles. The van der Waals surface area contributed by atoms with Gasteiger partial charge in [-0.05, 0) is 18.4 Å². The van der Waals surface area contributed by atoms with Gasteiger partial charge in [-0.15, -0.1) is 0 Å². The maximum Gasteiger partial charge on any atom is 0.278 e. The van der Waals surface area contributed by atoms with Crippen molar-refractivity contribution < 1.29 is 15.2 Å². The van der Waals surface area contributed by atoms with Gasteiger partial charge in [-0.1, -0.05) is 30.3 Å². The SMILES string of the molecule is O=C1NCCCC[C@@H]1[NH2+]C[C@@H](O)c1ccccc1. The van der Waals surface area contributed by atoms with Gasteiger partial charge in [-0.25, -0.2) is 0 Å². The average molecular weight is 249 g/mol. The van der Waals surface area contributed by atoms with E-state index in [-0.39, 0.29) is 11.9 Å². The Morgan fingerprint density at radius 1 is 1.33 bits per heavy atom. The fraction of sp³-hybridized carbons (Fsp3) is 0.500. The summed E-state index contributed by atoms with van der Waals surface area (Å²) in [5.74, 6) is 0.104. The van der Waals surface area contributed by atoms with Crippen LogP contribution in [0.1, 0.15) is 30.9 Å². The molecule has 4 N–H and O–H groups in total. The van der Waals surface area contributed by atoms with Crippen LogP contribution in [0.2, 0.25) is 0 Å². The molecule has 1 aliphatic rings. The molecule has 1 aromatic rings. The van der Waals surface area contributed by atoms with Gasteiger partial charge in [0.05, 0.1) is 0 Å². The number of amides is 1. The molecular weight excluding hydrogens is 228 g/mol. The molecule has 0 unspecified atom stereocenters. The van der Waals surface area contributed by atoms with Crippen LogP contribution in [-0.4, -0.2) is 30.1 Å². The van der Waals surface area contributed by atoms with Crippen LogP contribution in [0, 0.1) is 0 Å². The van der Waals surface area contributed by atoms with Gasteiger partial charge in [0.1, 0.15) is 12.6 Å². The lowest BCUT2D eigenvalue weighted by Crippen LogP contribution is -2.93. The first-order valence-electron chi connectivity index (χ1n) is 6.61. The van der Waals surface area contributed by atoms with Crippen LogP contribution in [0.5, 0.6) is 0 Å². The Bertz CT molecular complexity index is 381. The molecular formula is C14H21N2O2+. The average Bonchev–Trinajstić information content (AvgIpc) is 2.62. The number of carbonyl (C=O) groups is 1. The minimum atomic E-state index is -0.512. The largest absolute Gasteiger partial charge is 0.382 e. The quantitative estimate of drug-likeness (QED) is 0.700. The third kappa shape index (κ3) is 3.55. The zero-order valence-corrected chi connectivity index (χ0v) is 10.5. The van der Waals surface area contributed by atoms with Gasteiger partial charge in [-0.3, -0.25) is 4.79 Å². The van der Waals surface area contributed by atoms with Gasteiger partial charge in [-0.2, -0.15) is 0 Å². The summed E-state index contributed by atoms with van der Waals surface area (Å²) in [4.78, 5) is 11.7. The number of hydrogen-bond acceptors (Lipinski definition) is 2. The summed E-state index contributed by atoms with van der Waals surface area (Å²) >= 11 is 0. The van der Waals surface area contributed by atoms with Gasteiger partial charge in [0.2, 0.25) is 0 Å². The van der Waals surface area contributed by atoms with E-state index in [0.717, 1.165) is 31.4 Å². The first-order valence-corrected chi connectivity index (χ1v) is 6.61. The normalized spacial score (nSPS) is 22.1. The summed E-state index contributed by atoms with van der Waals surface area (Å²) in [6, 6.07) is 9.52. The van der Waals surface area contributed by atoms with Crippen molar-refractivity contribution >= 4 is 5.91 Å². The molecule has 4 heteroatoms. The van der Waals surface area contributed by atoms with Gasteiger partial charge in [0.15, 0.2) is 6.04 Å². The molecule has 18 heavy (non-hydrogen) atoms. The van der Waals surface area contributed by atoms with Crippen LogP contribution in [0.4, 0.5) is 0 Å². The smallest absolute Gasteiger partial charge is 0.278 e. The Morgan fingerprint density at radius 3 is 2.89 bits per heavy atom. The topological polar surface area (TPSA) is 65.9 Å². The second kappa shape index (κ2) is 6.52. The molecule has 0 aromatic heterocycles. The zero-order valence-electron chi connectivity index (χ0n) is 10.5. The minimum absolute atomic E-state index is 0.0501. The number of nitrogens with one attached hydrogen (secondary N) is 1. The molecule has 1 aromatic carbocycles. The number of aliphatic hydroxyl groups excluding tert-OH is 1. The van der Waals surface area contributed by atoms with Gasteiger partial charge < -0.3 is 15.7 Å². The van der Waals surface area contributed by atoms with Crippen molar-refractivity contribution in [2.45, 2.75) is 31.4 Å². The Morgan fingerprint density at radius 2 is 2.11 bits per heavy atom. The summed E-state index contributed by atoms with van der Waals surface area (Å²) < 4.78 is 0. The summed E-state index contributed by atoms with van der Waals surface area (Å²) in [6.07, 6.45) is 2.51. The van der Waals surface area contributed by atoms with Gasteiger partial charge >= 0.3 is 0 Å². The van der Waals surface area contributed by atoms with Crippen LogP contribution in [0.15, 0.2) is 30.3 Å². The summed E-state index contributed by atoms with van der Waals surface area (Å²) in [5.41, 5.74) is 0.905. The van der Waals surface area contributed by atoms with Crippen LogP contribution >= 0.6 is 0 Å². The van der Waals surface area contributed by atoms with Crippen molar-refractivity contribution in [3.63, 3.8) is 0 Å². The van der Waals surface area contributed by atoms with E-state index in [1.165, 1.54) is 0 Å². The van der Waals surface area contributed by atoms with E-state index < -0.39 is 6.10 Å². The second-order valence-electron chi connectivity index (χ2n) is 4.79. The van der Waals surface area contributed by atoms with Crippen molar-refractivity contribution in [3.8, 4) is 0 Å². The van der Waals surface area contributed by atoms with Crippen molar-refractivity contribution in [3.05, 3.63) is 35.9 Å². The van der Waals surface area contributed by atoms with Gasteiger partial charge in [0, 0.05) is 13.0 Å². The Hall–Kier alpha value is -1.39. The van der Waals surface area contributed by atoms with Crippen LogP contribution in [-0.2, 0) is 4.79 Å². The number of hydrogen-bond donors (Lipinski definition) is 3. The highest BCUT2D eigenvalue weighted by Gasteiger charge is 2.24. The highest BCUT2D eigenvalue weighted by atomic mass is 16.3. The van der Waals surface area contributed by atoms with Crippen LogP contribution in [0.3, 0.4) is 0 Å². The second-order valence-corrected chi connectivity index (χ2v) is 4.79. The molecule has 2 atom stereocenters. The van der Waals surface area contributed by atoms with E-state index in [1.54, 1.807) is 0 Å². The third-order valence-electron chi connectivity index (χ3n) is 3.41. The summed E-state index contributed by atoms with van der Waals surface area (Å²) in [5, 5.41) is 14.9. The molecule has 2 rings (SSSR count). The van der Waals surface area contributed by atoms with Crippen molar-refractivity contribution in [2.24, 2.45) is 0 Å². The number of nitrogens with two attached hydrogens (primary N) is 1. The van der Waals surface area contributed by atoms with Crippen molar-refractivity contribution in [1.29, 1.82) is 0 Å². The fourth-order valence-corrected chi connectivity index (χ4v) is 2.29. The molecule has 1 saturated heterocycles. The molecule has 0 aliphatic carbocycles. The van der Waals surface area contributed by atoms with Crippen LogP contribution < -0.4 is 10.6 Å². The number of quaternary nitrogens is 1. The van der Waals surface area contributed by atoms with E-state index in [1.807, 2.05) is 35.6 Å². The molecule has 0 radical (unpaired) electrons. The van der Waals surface area contributed by atoms with E-state index in [0.29, 0.717) is 6.54 Å². The van der Waals surface area contributed by atoms with E-state index in [9.17, 15) is 9.90 Å². The molecule has 98 valence electrons. The van der Waals surface area contributed by atoms with Gasteiger partial charge in [0.25, 0.3) is 5.91 Å². The molecule has 1 heterocycles. The number of benzene rings is 1. The lowest BCUT2D eigenvalue weighted by molar-refractivity contribution is -0.683. The number of aliphatic hydroxyl groups is 1. The Balaban J connectivity index is 1.85. The maximum absolute atomic E-state index is 11.7.